The van der Waals surface area contributed by atoms with Crippen LogP contribution in [0.5, 0.6) is 0 Å². The third-order valence-electron chi connectivity index (χ3n) is 3.05. The fourth-order valence-electron chi connectivity index (χ4n) is 2.30. The smallest absolute Gasteiger partial charge is 0.165 e. The molecular weight excluding hydrogens is 188 g/mol. The first-order valence-corrected chi connectivity index (χ1v) is 5.40. The van der Waals surface area contributed by atoms with Crippen LogP contribution in [-0.4, -0.2) is 17.3 Å². The third kappa shape index (κ3) is 1.92. The molecule has 1 unspecified atom stereocenters. The molecule has 0 saturated heterocycles. The maximum atomic E-state index is 11.9. The van der Waals surface area contributed by atoms with Crippen molar-refractivity contribution in [1.82, 2.24) is 4.98 Å². The average Bonchev–Trinajstić information content (AvgIpc) is 2.17. The topological polar surface area (TPSA) is 56.0 Å². The molecule has 0 spiro atoms. The van der Waals surface area contributed by atoms with Crippen LogP contribution in [0.2, 0.25) is 0 Å². The Morgan fingerprint density at radius 1 is 1.53 bits per heavy atom. The standard InChI is InChI=1S/C12H16N2O/c1-8-3-5-14-10-6-9(2-4-13)7-11(15)12(8)10/h3,5,9H,2,4,6-7,13H2,1H3. The molecule has 2 N–H and O–H groups in total. The predicted octanol–water partition coefficient (Wildman–Crippen LogP) is 1.48. The Balaban J connectivity index is 2.32. The molecule has 1 aromatic heterocycles. The van der Waals surface area contributed by atoms with E-state index < -0.39 is 0 Å². The van der Waals surface area contributed by atoms with Crippen molar-refractivity contribution in [3.8, 4) is 0 Å². The molecule has 3 heteroatoms. The first-order valence-electron chi connectivity index (χ1n) is 5.40. The van der Waals surface area contributed by atoms with E-state index in [-0.39, 0.29) is 5.78 Å². The highest BCUT2D eigenvalue weighted by Gasteiger charge is 2.26. The van der Waals surface area contributed by atoms with Gasteiger partial charge in [-0.2, -0.15) is 0 Å². The largest absolute Gasteiger partial charge is 0.330 e. The van der Waals surface area contributed by atoms with E-state index in [9.17, 15) is 4.79 Å². The fourth-order valence-corrected chi connectivity index (χ4v) is 2.30. The van der Waals surface area contributed by atoms with Gasteiger partial charge in [0.2, 0.25) is 0 Å². The summed E-state index contributed by atoms with van der Waals surface area (Å²) in [6.45, 7) is 2.63. The molecule has 1 heterocycles. The number of aryl methyl sites for hydroxylation is 1. The summed E-state index contributed by atoms with van der Waals surface area (Å²) in [5.74, 6) is 0.629. The van der Waals surface area contributed by atoms with Crippen LogP contribution in [-0.2, 0) is 6.42 Å². The van der Waals surface area contributed by atoms with Gasteiger partial charge in [0, 0.05) is 18.2 Å². The van der Waals surface area contributed by atoms with Gasteiger partial charge in [-0.25, -0.2) is 0 Å². The molecule has 0 amide bonds. The van der Waals surface area contributed by atoms with E-state index in [0.717, 1.165) is 29.7 Å². The van der Waals surface area contributed by atoms with E-state index in [1.165, 1.54) is 0 Å². The quantitative estimate of drug-likeness (QED) is 0.794. The lowest BCUT2D eigenvalue weighted by Gasteiger charge is -2.23. The van der Waals surface area contributed by atoms with Crippen LogP contribution < -0.4 is 5.73 Å². The SMILES string of the molecule is Cc1ccnc2c1C(=O)CC(CCN)C2. The Bertz CT molecular complexity index is 387. The lowest BCUT2D eigenvalue weighted by Crippen LogP contribution is -2.24. The molecule has 1 aliphatic rings. The molecule has 1 aromatic rings. The number of pyridine rings is 1. The van der Waals surface area contributed by atoms with Gasteiger partial charge in [0.1, 0.15) is 0 Å². The molecular formula is C12H16N2O. The van der Waals surface area contributed by atoms with Crippen molar-refractivity contribution in [2.75, 3.05) is 6.54 Å². The van der Waals surface area contributed by atoms with Gasteiger partial charge in [0.25, 0.3) is 0 Å². The summed E-state index contributed by atoms with van der Waals surface area (Å²) in [5.41, 5.74) is 8.39. The number of fused-ring (bicyclic) bond motifs is 1. The van der Waals surface area contributed by atoms with E-state index in [1.54, 1.807) is 6.20 Å². The maximum absolute atomic E-state index is 11.9. The minimum absolute atomic E-state index is 0.236. The van der Waals surface area contributed by atoms with Gasteiger partial charge >= 0.3 is 0 Å². The zero-order valence-electron chi connectivity index (χ0n) is 8.99. The molecule has 15 heavy (non-hydrogen) atoms. The van der Waals surface area contributed by atoms with Crippen LogP contribution in [0.4, 0.5) is 0 Å². The van der Waals surface area contributed by atoms with Crippen molar-refractivity contribution < 1.29 is 4.79 Å². The maximum Gasteiger partial charge on any atom is 0.165 e. The van der Waals surface area contributed by atoms with Gasteiger partial charge in [0.05, 0.1) is 5.69 Å². The van der Waals surface area contributed by atoms with E-state index >= 15 is 0 Å². The molecule has 1 aliphatic carbocycles. The zero-order valence-corrected chi connectivity index (χ0v) is 8.99. The average molecular weight is 204 g/mol. The molecule has 3 nitrogen and oxygen atoms in total. The normalized spacial score (nSPS) is 20.1. The van der Waals surface area contributed by atoms with Crippen molar-refractivity contribution in [1.29, 1.82) is 0 Å². The van der Waals surface area contributed by atoms with Crippen LogP contribution in [0, 0.1) is 12.8 Å². The minimum Gasteiger partial charge on any atom is -0.330 e. The molecule has 0 aromatic carbocycles. The number of Topliss-reactive ketones (excluding diaryl/α,β-unsaturated/α-hetero) is 1. The molecule has 80 valence electrons. The summed E-state index contributed by atoms with van der Waals surface area (Å²) in [7, 11) is 0. The molecule has 0 saturated carbocycles. The van der Waals surface area contributed by atoms with Crippen LogP contribution in [0.25, 0.3) is 0 Å². The van der Waals surface area contributed by atoms with Crippen molar-refractivity contribution in [2.45, 2.75) is 26.2 Å². The number of carbonyl (C=O) groups is 1. The summed E-state index contributed by atoms with van der Waals surface area (Å²) in [5, 5.41) is 0. The van der Waals surface area contributed by atoms with E-state index in [0.29, 0.717) is 18.9 Å². The van der Waals surface area contributed by atoms with Crippen molar-refractivity contribution >= 4 is 5.78 Å². The van der Waals surface area contributed by atoms with E-state index in [4.69, 9.17) is 5.73 Å². The van der Waals surface area contributed by atoms with Gasteiger partial charge in [0.15, 0.2) is 5.78 Å². The minimum atomic E-state index is 0.236. The monoisotopic (exact) mass is 204 g/mol. The summed E-state index contributed by atoms with van der Waals surface area (Å²) in [6.07, 6.45) is 4.24. The molecule has 0 fully saturated rings. The van der Waals surface area contributed by atoms with Crippen LogP contribution in [0.15, 0.2) is 12.3 Å². The Kier molecular flexibility index (Phi) is 2.82. The molecule has 0 aliphatic heterocycles. The van der Waals surface area contributed by atoms with E-state index in [1.807, 2.05) is 13.0 Å². The Labute approximate surface area is 89.7 Å². The third-order valence-corrected chi connectivity index (χ3v) is 3.05. The van der Waals surface area contributed by atoms with Gasteiger partial charge in [-0.05, 0) is 43.9 Å². The van der Waals surface area contributed by atoms with Gasteiger partial charge in [-0.3, -0.25) is 9.78 Å². The highest BCUT2D eigenvalue weighted by atomic mass is 16.1. The number of carbonyl (C=O) groups excluding carboxylic acids is 1. The fraction of sp³-hybridized carbons (Fsp3) is 0.500. The number of ketones is 1. The second kappa shape index (κ2) is 4.11. The summed E-state index contributed by atoms with van der Waals surface area (Å²) < 4.78 is 0. The van der Waals surface area contributed by atoms with Gasteiger partial charge < -0.3 is 5.73 Å². The Morgan fingerprint density at radius 2 is 2.33 bits per heavy atom. The zero-order chi connectivity index (χ0) is 10.8. The first kappa shape index (κ1) is 10.3. The predicted molar refractivity (Wildman–Crippen MR) is 58.8 cm³/mol. The highest BCUT2D eigenvalue weighted by Crippen LogP contribution is 2.27. The van der Waals surface area contributed by atoms with Crippen molar-refractivity contribution in [3.05, 3.63) is 29.1 Å². The summed E-state index contributed by atoms with van der Waals surface area (Å²) >= 11 is 0. The van der Waals surface area contributed by atoms with Crippen molar-refractivity contribution in [2.24, 2.45) is 11.7 Å². The number of aromatic nitrogens is 1. The molecule has 0 bridgehead atoms. The van der Waals surface area contributed by atoms with Gasteiger partial charge in [-0.15, -0.1) is 0 Å². The van der Waals surface area contributed by atoms with Crippen LogP contribution >= 0.6 is 0 Å². The number of nitrogens with two attached hydrogens (primary N) is 1. The Hall–Kier alpha value is -1.22. The number of rotatable bonds is 2. The van der Waals surface area contributed by atoms with Gasteiger partial charge in [-0.1, -0.05) is 0 Å². The second-order valence-corrected chi connectivity index (χ2v) is 4.22. The lowest BCUT2D eigenvalue weighted by atomic mass is 9.82. The van der Waals surface area contributed by atoms with Crippen molar-refractivity contribution in [3.63, 3.8) is 0 Å². The molecule has 2 rings (SSSR count). The summed E-state index contributed by atoms with van der Waals surface area (Å²) in [4.78, 5) is 16.2. The summed E-state index contributed by atoms with van der Waals surface area (Å²) in [6, 6.07) is 1.90. The van der Waals surface area contributed by atoms with Crippen LogP contribution in [0.3, 0.4) is 0 Å². The lowest BCUT2D eigenvalue weighted by molar-refractivity contribution is 0.0945. The van der Waals surface area contributed by atoms with E-state index in [2.05, 4.69) is 4.98 Å². The molecule has 1 atom stereocenters. The number of hydrogen-bond acceptors (Lipinski definition) is 3. The Morgan fingerprint density at radius 3 is 3.07 bits per heavy atom. The van der Waals surface area contributed by atoms with Crippen LogP contribution in [0.1, 0.15) is 34.5 Å². The highest BCUT2D eigenvalue weighted by molar-refractivity contribution is 5.99. The number of hydrogen-bond donors (Lipinski definition) is 1. The first-order chi connectivity index (χ1) is 7.22. The number of nitrogens with zero attached hydrogens (tertiary/aromatic N) is 1. The molecule has 0 radical (unpaired) electrons. The second-order valence-electron chi connectivity index (χ2n) is 4.22.